The summed E-state index contributed by atoms with van der Waals surface area (Å²) in [6, 6.07) is 8.31. The van der Waals surface area contributed by atoms with Gasteiger partial charge in [0.15, 0.2) is 0 Å². The zero-order chi connectivity index (χ0) is 14.5. The van der Waals surface area contributed by atoms with E-state index >= 15 is 0 Å². The number of aryl methyl sites for hydroxylation is 1. The summed E-state index contributed by atoms with van der Waals surface area (Å²) in [5.41, 5.74) is 8.72. The first kappa shape index (κ1) is 15.0. The second-order valence-corrected chi connectivity index (χ2v) is 5.80. The van der Waals surface area contributed by atoms with E-state index in [-0.39, 0.29) is 18.0 Å². The Morgan fingerprint density at radius 3 is 2.95 bits per heavy atom. The third-order valence-corrected chi connectivity index (χ3v) is 4.34. The molecule has 1 aliphatic carbocycles. The standard InChI is InChI=1S/C17H26N2O/c1-3-4-11-15(18)17(20)19(2)16-12-7-9-13-8-5-6-10-14(13)16/h5-6,8,10,15-16H,3-4,7,9,11-12,18H2,1-2H3/t15-,16?/m0/s1. The number of carbonyl (C=O) groups is 1. The summed E-state index contributed by atoms with van der Waals surface area (Å²) < 4.78 is 0. The first-order valence-corrected chi connectivity index (χ1v) is 7.75. The lowest BCUT2D eigenvalue weighted by molar-refractivity contribution is -0.134. The lowest BCUT2D eigenvalue weighted by Crippen LogP contribution is -2.44. The van der Waals surface area contributed by atoms with Gasteiger partial charge in [-0.15, -0.1) is 0 Å². The molecular formula is C17H26N2O. The summed E-state index contributed by atoms with van der Waals surface area (Å²) in [5, 5.41) is 0. The average molecular weight is 274 g/mol. The first-order valence-electron chi connectivity index (χ1n) is 7.75. The van der Waals surface area contributed by atoms with Gasteiger partial charge in [0.25, 0.3) is 0 Å². The molecule has 0 radical (unpaired) electrons. The Kier molecular flexibility index (Phi) is 5.18. The van der Waals surface area contributed by atoms with Crippen molar-refractivity contribution in [1.82, 2.24) is 4.90 Å². The molecule has 1 aromatic rings. The molecule has 20 heavy (non-hydrogen) atoms. The number of nitrogens with zero attached hydrogens (tertiary/aromatic N) is 1. The predicted octanol–water partition coefficient (Wildman–Crippen LogP) is 3.04. The van der Waals surface area contributed by atoms with E-state index in [2.05, 4.69) is 31.2 Å². The predicted molar refractivity (Wildman–Crippen MR) is 82.4 cm³/mol. The van der Waals surface area contributed by atoms with Gasteiger partial charge in [-0.05, 0) is 36.8 Å². The van der Waals surface area contributed by atoms with Gasteiger partial charge >= 0.3 is 0 Å². The van der Waals surface area contributed by atoms with Crippen LogP contribution in [0.4, 0.5) is 0 Å². The fourth-order valence-corrected chi connectivity index (χ4v) is 3.09. The molecule has 2 rings (SSSR count). The minimum atomic E-state index is -0.353. The van der Waals surface area contributed by atoms with Crippen LogP contribution in [0.25, 0.3) is 0 Å². The Hall–Kier alpha value is -1.35. The highest BCUT2D eigenvalue weighted by molar-refractivity contribution is 5.81. The number of likely N-dealkylation sites (N-methyl/N-ethyl adjacent to an activating group) is 1. The number of rotatable bonds is 5. The second-order valence-electron chi connectivity index (χ2n) is 5.80. The van der Waals surface area contributed by atoms with E-state index < -0.39 is 0 Å². The normalized spacial score (nSPS) is 19.2. The number of fused-ring (bicyclic) bond motifs is 1. The average Bonchev–Trinajstić information content (AvgIpc) is 2.50. The fourth-order valence-electron chi connectivity index (χ4n) is 3.09. The molecule has 0 saturated heterocycles. The number of hydrogen-bond acceptors (Lipinski definition) is 2. The van der Waals surface area contributed by atoms with Crippen LogP contribution >= 0.6 is 0 Å². The largest absolute Gasteiger partial charge is 0.337 e. The Morgan fingerprint density at radius 2 is 2.20 bits per heavy atom. The molecule has 0 saturated carbocycles. The molecule has 0 heterocycles. The highest BCUT2D eigenvalue weighted by Gasteiger charge is 2.28. The van der Waals surface area contributed by atoms with Crippen LogP contribution in [0.3, 0.4) is 0 Å². The molecule has 1 amide bonds. The molecule has 2 atom stereocenters. The van der Waals surface area contributed by atoms with E-state index in [1.165, 1.54) is 11.1 Å². The van der Waals surface area contributed by atoms with Crippen molar-refractivity contribution in [3.63, 3.8) is 0 Å². The van der Waals surface area contributed by atoms with Gasteiger partial charge in [0.1, 0.15) is 0 Å². The van der Waals surface area contributed by atoms with Gasteiger partial charge in [0.2, 0.25) is 5.91 Å². The van der Waals surface area contributed by atoms with Crippen LogP contribution in [0.5, 0.6) is 0 Å². The van der Waals surface area contributed by atoms with Crippen LogP contribution < -0.4 is 5.73 Å². The van der Waals surface area contributed by atoms with E-state index in [1.807, 2.05) is 11.9 Å². The van der Waals surface area contributed by atoms with Crippen LogP contribution in [0, 0.1) is 0 Å². The maximum Gasteiger partial charge on any atom is 0.239 e. The summed E-state index contributed by atoms with van der Waals surface area (Å²) in [6.45, 7) is 2.12. The monoisotopic (exact) mass is 274 g/mol. The molecular weight excluding hydrogens is 248 g/mol. The third-order valence-electron chi connectivity index (χ3n) is 4.34. The van der Waals surface area contributed by atoms with Crippen molar-refractivity contribution >= 4 is 5.91 Å². The second kappa shape index (κ2) is 6.89. The zero-order valence-corrected chi connectivity index (χ0v) is 12.6. The Morgan fingerprint density at radius 1 is 1.45 bits per heavy atom. The SMILES string of the molecule is CCCC[C@H](N)C(=O)N(C)C1CCCc2ccccc21. The minimum absolute atomic E-state index is 0.0835. The summed E-state index contributed by atoms with van der Waals surface area (Å²) >= 11 is 0. The Balaban J connectivity index is 2.10. The summed E-state index contributed by atoms with van der Waals surface area (Å²) in [4.78, 5) is 14.3. The van der Waals surface area contributed by atoms with Crippen molar-refractivity contribution in [2.24, 2.45) is 5.73 Å². The number of nitrogens with two attached hydrogens (primary N) is 1. The molecule has 3 heteroatoms. The molecule has 0 aliphatic heterocycles. The van der Waals surface area contributed by atoms with Crippen LogP contribution in [-0.4, -0.2) is 23.9 Å². The molecule has 0 spiro atoms. The molecule has 1 aromatic carbocycles. The molecule has 1 aliphatic rings. The lowest BCUT2D eigenvalue weighted by Gasteiger charge is -2.34. The van der Waals surface area contributed by atoms with Crippen molar-refractivity contribution in [1.29, 1.82) is 0 Å². The molecule has 0 fully saturated rings. The highest BCUT2D eigenvalue weighted by atomic mass is 16.2. The van der Waals surface area contributed by atoms with E-state index in [9.17, 15) is 4.79 Å². The first-order chi connectivity index (χ1) is 9.65. The van der Waals surface area contributed by atoms with Gasteiger partial charge in [-0.3, -0.25) is 4.79 Å². The summed E-state index contributed by atoms with van der Waals surface area (Å²) in [7, 11) is 1.90. The van der Waals surface area contributed by atoms with E-state index in [1.54, 1.807) is 0 Å². The number of benzene rings is 1. The van der Waals surface area contributed by atoms with Crippen molar-refractivity contribution < 1.29 is 4.79 Å². The summed E-state index contributed by atoms with van der Waals surface area (Å²) in [6.07, 6.45) is 6.19. The molecule has 0 aromatic heterocycles. The van der Waals surface area contributed by atoms with Crippen molar-refractivity contribution in [2.75, 3.05) is 7.05 Å². The van der Waals surface area contributed by atoms with Gasteiger partial charge < -0.3 is 10.6 Å². The smallest absolute Gasteiger partial charge is 0.239 e. The van der Waals surface area contributed by atoms with E-state index in [4.69, 9.17) is 5.73 Å². The Bertz CT molecular complexity index is 458. The zero-order valence-electron chi connectivity index (χ0n) is 12.6. The topological polar surface area (TPSA) is 46.3 Å². The van der Waals surface area contributed by atoms with Gasteiger partial charge in [-0.2, -0.15) is 0 Å². The fraction of sp³-hybridized carbons (Fsp3) is 0.588. The van der Waals surface area contributed by atoms with Gasteiger partial charge in [0.05, 0.1) is 12.1 Å². The van der Waals surface area contributed by atoms with Crippen LogP contribution in [-0.2, 0) is 11.2 Å². The Labute approximate surface area is 122 Å². The molecule has 110 valence electrons. The van der Waals surface area contributed by atoms with Crippen LogP contribution in [0.2, 0.25) is 0 Å². The summed E-state index contributed by atoms with van der Waals surface area (Å²) in [5.74, 6) is 0.0835. The number of hydrogen-bond donors (Lipinski definition) is 1. The van der Waals surface area contributed by atoms with E-state index in [0.29, 0.717) is 0 Å². The number of carbonyl (C=O) groups excluding carboxylic acids is 1. The van der Waals surface area contributed by atoms with Gasteiger partial charge in [-0.1, -0.05) is 44.0 Å². The molecule has 1 unspecified atom stereocenters. The maximum atomic E-state index is 12.5. The number of unbranched alkanes of at least 4 members (excludes halogenated alkanes) is 1. The van der Waals surface area contributed by atoms with Crippen molar-refractivity contribution in [2.45, 2.75) is 57.5 Å². The van der Waals surface area contributed by atoms with Gasteiger partial charge in [-0.25, -0.2) is 0 Å². The lowest BCUT2D eigenvalue weighted by atomic mass is 9.86. The highest BCUT2D eigenvalue weighted by Crippen LogP contribution is 2.33. The maximum absolute atomic E-state index is 12.5. The number of amides is 1. The van der Waals surface area contributed by atoms with Crippen LogP contribution in [0.15, 0.2) is 24.3 Å². The van der Waals surface area contributed by atoms with Crippen LogP contribution in [0.1, 0.15) is 56.2 Å². The molecule has 0 bridgehead atoms. The molecule has 3 nitrogen and oxygen atoms in total. The van der Waals surface area contributed by atoms with Crippen molar-refractivity contribution in [3.05, 3.63) is 35.4 Å². The third kappa shape index (κ3) is 3.21. The minimum Gasteiger partial charge on any atom is -0.337 e. The van der Waals surface area contributed by atoms with Crippen molar-refractivity contribution in [3.8, 4) is 0 Å². The van der Waals surface area contributed by atoms with Gasteiger partial charge in [0, 0.05) is 7.05 Å². The molecule has 2 N–H and O–H groups in total. The quantitative estimate of drug-likeness (QED) is 0.897. The van der Waals surface area contributed by atoms with E-state index in [0.717, 1.165) is 38.5 Å².